The predicted molar refractivity (Wildman–Crippen MR) is 57.6 cm³/mol. The summed E-state index contributed by atoms with van der Waals surface area (Å²) < 4.78 is 10.3. The largest absolute Gasteiger partial charge is 0.496 e. The van der Waals surface area contributed by atoms with Gasteiger partial charge in [0.25, 0.3) is 0 Å². The molecule has 0 radical (unpaired) electrons. The monoisotopic (exact) mass is 222 g/mol. The molecule has 0 fully saturated rings. The molecule has 1 aromatic rings. The molecule has 4 nitrogen and oxygen atoms in total. The minimum Gasteiger partial charge on any atom is -0.496 e. The van der Waals surface area contributed by atoms with Gasteiger partial charge in [0.15, 0.2) is 6.10 Å². The molecule has 2 atom stereocenters. The van der Waals surface area contributed by atoms with Crippen LogP contribution in [0, 0.1) is 6.92 Å². The van der Waals surface area contributed by atoms with E-state index in [-0.39, 0.29) is 0 Å². The molecule has 4 heteroatoms. The van der Waals surface area contributed by atoms with E-state index in [1.165, 1.54) is 7.11 Å². The number of aliphatic hydroxyl groups is 1. The SMILES string of the molecule is COc1cc(C)cc2c1C(=O)O[C@@H]2[C@H](C)O. The van der Waals surface area contributed by atoms with Crippen molar-refractivity contribution in [3.8, 4) is 5.75 Å². The van der Waals surface area contributed by atoms with Crippen LogP contribution in [0.5, 0.6) is 5.75 Å². The Bertz CT molecular complexity index is 437. The molecule has 0 saturated carbocycles. The summed E-state index contributed by atoms with van der Waals surface area (Å²) in [4.78, 5) is 11.7. The number of aliphatic hydroxyl groups excluding tert-OH is 1. The summed E-state index contributed by atoms with van der Waals surface area (Å²) in [7, 11) is 1.51. The summed E-state index contributed by atoms with van der Waals surface area (Å²) in [6.07, 6.45) is -1.31. The summed E-state index contributed by atoms with van der Waals surface area (Å²) in [5.74, 6) is 0.0703. The Kier molecular flexibility index (Phi) is 2.59. The summed E-state index contributed by atoms with van der Waals surface area (Å²) in [5.41, 5.74) is 2.11. The third-order valence-corrected chi connectivity index (χ3v) is 2.68. The number of methoxy groups -OCH3 is 1. The molecule has 1 aromatic carbocycles. The van der Waals surface area contributed by atoms with Gasteiger partial charge >= 0.3 is 5.97 Å². The van der Waals surface area contributed by atoms with E-state index in [0.29, 0.717) is 16.9 Å². The van der Waals surface area contributed by atoms with Crippen molar-refractivity contribution < 1.29 is 19.4 Å². The van der Waals surface area contributed by atoms with Crippen molar-refractivity contribution in [1.29, 1.82) is 0 Å². The van der Waals surface area contributed by atoms with E-state index < -0.39 is 18.2 Å². The zero-order valence-corrected chi connectivity index (χ0v) is 9.48. The molecule has 0 unspecified atom stereocenters. The Labute approximate surface area is 93.8 Å². The quantitative estimate of drug-likeness (QED) is 0.772. The lowest BCUT2D eigenvalue weighted by Crippen LogP contribution is -2.14. The summed E-state index contributed by atoms with van der Waals surface area (Å²) >= 11 is 0. The van der Waals surface area contributed by atoms with Gasteiger partial charge in [0.05, 0.1) is 13.2 Å². The Morgan fingerprint density at radius 2 is 2.19 bits per heavy atom. The first-order valence-electron chi connectivity index (χ1n) is 5.12. The maximum atomic E-state index is 11.7. The van der Waals surface area contributed by atoms with E-state index in [1.807, 2.05) is 13.0 Å². The molecular weight excluding hydrogens is 208 g/mol. The van der Waals surface area contributed by atoms with Crippen LogP contribution < -0.4 is 4.74 Å². The van der Waals surface area contributed by atoms with E-state index >= 15 is 0 Å². The molecular formula is C12H14O4. The third-order valence-electron chi connectivity index (χ3n) is 2.68. The van der Waals surface area contributed by atoms with Crippen molar-refractivity contribution in [1.82, 2.24) is 0 Å². The number of cyclic esters (lactones) is 1. The van der Waals surface area contributed by atoms with Gasteiger partial charge in [0.2, 0.25) is 0 Å². The van der Waals surface area contributed by atoms with Crippen molar-refractivity contribution >= 4 is 5.97 Å². The van der Waals surface area contributed by atoms with Gasteiger partial charge in [0, 0.05) is 5.56 Å². The normalized spacial score (nSPS) is 20.2. The van der Waals surface area contributed by atoms with Gasteiger partial charge in [-0.05, 0) is 25.5 Å². The van der Waals surface area contributed by atoms with Crippen LogP contribution in [-0.2, 0) is 4.74 Å². The highest BCUT2D eigenvalue weighted by atomic mass is 16.6. The number of rotatable bonds is 2. The van der Waals surface area contributed by atoms with Crippen molar-refractivity contribution in [2.24, 2.45) is 0 Å². The average Bonchev–Trinajstić information content (AvgIpc) is 2.55. The molecule has 1 N–H and O–H groups in total. The van der Waals surface area contributed by atoms with E-state index in [1.54, 1.807) is 13.0 Å². The number of carbonyl (C=O) groups excluding carboxylic acids is 1. The maximum Gasteiger partial charge on any atom is 0.343 e. The molecule has 2 rings (SSSR count). The summed E-state index contributed by atoms with van der Waals surface area (Å²) in [6.45, 7) is 3.51. The zero-order valence-electron chi connectivity index (χ0n) is 9.48. The van der Waals surface area contributed by atoms with Gasteiger partial charge in [0.1, 0.15) is 11.3 Å². The highest BCUT2D eigenvalue weighted by Crippen LogP contribution is 2.38. The number of benzene rings is 1. The second-order valence-corrected chi connectivity index (χ2v) is 4.00. The van der Waals surface area contributed by atoms with Crippen LogP contribution in [0.2, 0.25) is 0 Å². The first kappa shape index (κ1) is 11.0. The molecule has 86 valence electrons. The van der Waals surface area contributed by atoms with Crippen LogP contribution in [-0.4, -0.2) is 24.3 Å². The lowest BCUT2D eigenvalue weighted by molar-refractivity contribution is -0.00280. The molecule has 1 aliphatic heterocycles. The van der Waals surface area contributed by atoms with E-state index in [2.05, 4.69) is 0 Å². The van der Waals surface area contributed by atoms with E-state index in [0.717, 1.165) is 5.56 Å². The fourth-order valence-corrected chi connectivity index (χ4v) is 1.98. The van der Waals surface area contributed by atoms with Crippen LogP contribution in [0.4, 0.5) is 0 Å². The zero-order chi connectivity index (χ0) is 11.9. The highest BCUT2D eigenvalue weighted by molar-refractivity contribution is 5.97. The second kappa shape index (κ2) is 3.79. The Morgan fingerprint density at radius 1 is 1.50 bits per heavy atom. The smallest absolute Gasteiger partial charge is 0.343 e. The van der Waals surface area contributed by atoms with Crippen LogP contribution >= 0.6 is 0 Å². The average molecular weight is 222 g/mol. The number of hydrogen-bond acceptors (Lipinski definition) is 4. The van der Waals surface area contributed by atoms with Gasteiger partial charge in [-0.3, -0.25) is 0 Å². The number of hydrogen-bond donors (Lipinski definition) is 1. The minimum absolute atomic E-state index is 0.430. The molecule has 0 bridgehead atoms. The minimum atomic E-state index is -0.725. The summed E-state index contributed by atoms with van der Waals surface area (Å²) in [6, 6.07) is 3.63. The van der Waals surface area contributed by atoms with Crippen LogP contribution in [0.25, 0.3) is 0 Å². The van der Waals surface area contributed by atoms with Crippen LogP contribution in [0.15, 0.2) is 12.1 Å². The third kappa shape index (κ3) is 1.55. The van der Waals surface area contributed by atoms with Crippen molar-refractivity contribution in [2.75, 3.05) is 7.11 Å². The van der Waals surface area contributed by atoms with Crippen LogP contribution in [0.3, 0.4) is 0 Å². The van der Waals surface area contributed by atoms with E-state index in [4.69, 9.17) is 9.47 Å². The first-order chi connectivity index (χ1) is 7.54. The number of esters is 1. The molecule has 1 aliphatic rings. The Balaban J connectivity index is 2.60. The lowest BCUT2D eigenvalue weighted by atomic mass is 9.99. The van der Waals surface area contributed by atoms with Crippen molar-refractivity contribution in [2.45, 2.75) is 26.1 Å². The van der Waals surface area contributed by atoms with Gasteiger partial charge in [-0.25, -0.2) is 4.79 Å². The van der Waals surface area contributed by atoms with Crippen LogP contribution in [0.1, 0.15) is 34.5 Å². The fraction of sp³-hybridized carbons (Fsp3) is 0.417. The number of carbonyl (C=O) groups is 1. The Morgan fingerprint density at radius 3 is 2.75 bits per heavy atom. The molecule has 1 heterocycles. The second-order valence-electron chi connectivity index (χ2n) is 4.00. The van der Waals surface area contributed by atoms with Gasteiger partial charge in [-0.2, -0.15) is 0 Å². The molecule has 0 spiro atoms. The van der Waals surface area contributed by atoms with Gasteiger partial charge in [-0.15, -0.1) is 0 Å². The molecule has 0 aliphatic carbocycles. The number of ether oxygens (including phenoxy) is 2. The Hall–Kier alpha value is -1.55. The summed E-state index contributed by atoms with van der Waals surface area (Å²) in [5, 5.41) is 9.55. The molecule has 0 aromatic heterocycles. The molecule has 16 heavy (non-hydrogen) atoms. The standard InChI is InChI=1S/C12H14O4/c1-6-4-8-10(9(5-6)15-3)12(14)16-11(8)7(2)13/h4-5,7,11,13H,1-3H3/t7-,11+/m0/s1. The van der Waals surface area contributed by atoms with E-state index in [9.17, 15) is 9.90 Å². The maximum absolute atomic E-state index is 11.7. The van der Waals surface area contributed by atoms with Crippen molar-refractivity contribution in [3.05, 3.63) is 28.8 Å². The fourth-order valence-electron chi connectivity index (χ4n) is 1.98. The number of fused-ring (bicyclic) bond motifs is 1. The molecule has 0 saturated heterocycles. The topological polar surface area (TPSA) is 55.8 Å². The highest BCUT2D eigenvalue weighted by Gasteiger charge is 2.36. The molecule has 0 amide bonds. The number of aryl methyl sites for hydroxylation is 1. The van der Waals surface area contributed by atoms with Gasteiger partial charge in [-0.1, -0.05) is 6.07 Å². The lowest BCUT2D eigenvalue weighted by Gasteiger charge is -2.14. The predicted octanol–water partition coefficient (Wildman–Crippen LogP) is 1.60. The van der Waals surface area contributed by atoms with Crippen molar-refractivity contribution in [3.63, 3.8) is 0 Å². The first-order valence-corrected chi connectivity index (χ1v) is 5.12. The van der Waals surface area contributed by atoms with Gasteiger partial charge < -0.3 is 14.6 Å².